The lowest BCUT2D eigenvalue weighted by atomic mass is 9.75. The molecule has 1 aliphatic heterocycles. The van der Waals surface area contributed by atoms with Gasteiger partial charge in [-0.15, -0.1) is 0 Å². The van der Waals surface area contributed by atoms with Gasteiger partial charge >= 0.3 is 6.09 Å². The number of carbonyl (C=O) groups is 1. The molecule has 15 heavy (non-hydrogen) atoms. The third-order valence-electron chi connectivity index (χ3n) is 4.03. The Kier molecular flexibility index (Phi) is 3.17. The minimum Gasteiger partial charge on any atom is -0.447 e. The van der Waals surface area contributed by atoms with E-state index in [0.29, 0.717) is 12.5 Å². The quantitative estimate of drug-likeness (QED) is 0.762. The van der Waals surface area contributed by atoms with E-state index in [1.54, 1.807) is 0 Å². The fourth-order valence-electron chi connectivity index (χ4n) is 2.87. The van der Waals surface area contributed by atoms with Crippen molar-refractivity contribution in [3.05, 3.63) is 0 Å². The standard InChI is InChI=1S/C12H21NO2/c1-8(2)9-3-5-10(6-4-9)11-7-15-12(14)13-11/h8-11H,3-7H2,1-2H3,(H,13,14). The van der Waals surface area contributed by atoms with Gasteiger partial charge in [0.2, 0.25) is 0 Å². The molecular weight excluding hydrogens is 190 g/mol. The van der Waals surface area contributed by atoms with E-state index < -0.39 is 0 Å². The van der Waals surface area contributed by atoms with Crippen molar-refractivity contribution in [3.8, 4) is 0 Å². The highest BCUT2D eigenvalue weighted by molar-refractivity contribution is 5.69. The Balaban J connectivity index is 1.80. The Labute approximate surface area is 91.6 Å². The molecule has 0 aromatic carbocycles. The number of carbonyl (C=O) groups excluding carboxylic acids is 1. The van der Waals surface area contributed by atoms with Gasteiger partial charge in [0, 0.05) is 0 Å². The van der Waals surface area contributed by atoms with Gasteiger partial charge in [-0.3, -0.25) is 0 Å². The maximum atomic E-state index is 10.9. The van der Waals surface area contributed by atoms with Gasteiger partial charge in [0.15, 0.2) is 0 Å². The third-order valence-corrected chi connectivity index (χ3v) is 4.03. The van der Waals surface area contributed by atoms with E-state index in [9.17, 15) is 4.79 Å². The fourth-order valence-corrected chi connectivity index (χ4v) is 2.87. The average Bonchev–Trinajstić information content (AvgIpc) is 2.65. The van der Waals surface area contributed by atoms with Gasteiger partial charge in [0.25, 0.3) is 0 Å². The van der Waals surface area contributed by atoms with Crippen LogP contribution in [0.25, 0.3) is 0 Å². The summed E-state index contributed by atoms with van der Waals surface area (Å²) in [6, 6.07) is 0.283. The van der Waals surface area contributed by atoms with Crippen LogP contribution >= 0.6 is 0 Å². The molecule has 1 aliphatic carbocycles. The highest BCUT2D eigenvalue weighted by atomic mass is 16.6. The van der Waals surface area contributed by atoms with Crippen molar-refractivity contribution in [3.63, 3.8) is 0 Å². The number of hydrogen-bond donors (Lipinski definition) is 1. The molecule has 0 bridgehead atoms. The first-order valence-electron chi connectivity index (χ1n) is 6.10. The van der Waals surface area contributed by atoms with Gasteiger partial charge in [-0.25, -0.2) is 4.79 Å². The smallest absolute Gasteiger partial charge is 0.407 e. The second-order valence-corrected chi connectivity index (χ2v) is 5.27. The summed E-state index contributed by atoms with van der Waals surface area (Å²) >= 11 is 0. The van der Waals surface area contributed by atoms with Crippen molar-refractivity contribution >= 4 is 6.09 Å². The summed E-state index contributed by atoms with van der Waals surface area (Å²) in [6.07, 6.45) is 4.89. The predicted octanol–water partition coefficient (Wildman–Crippen LogP) is 2.56. The Morgan fingerprint density at radius 1 is 1.27 bits per heavy atom. The lowest BCUT2D eigenvalue weighted by Crippen LogP contribution is -2.36. The first-order chi connectivity index (χ1) is 7.16. The molecule has 0 aromatic heterocycles. The number of hydrogen-bond acceptors (Lipinski definition) is 2. The van der Waals surface area contributed by atoms with Gasteiger partial charge in [0.05, 0.1) is 6.04 Å². The van der Waals surface area contributed by atoms with E-state index in [1.165, 1.54) is 25.7 Å². The molecule has 3 nitrogen and oxygen atoms in total. The van der Waals surface area contributed by atoms with E-state index in [0.717, 1.165) is 11.8 Å². The first kappa shape index (κ1) is 10.8. The van der Waals surface area contributed by atoms with Crippen molar-refractivity contribution in [1.82, 2.24) is 5.32 Å². The second kappa shape index (κ2) is 4.42. The summed E-state index contributed by atoms with van der Waals surface area (Å²) in [7, 11) is 0. The summed E-state index contributed by atoms with van der Waals surface area (Å²) < 4.78 is 4.94. The summed E-state index contributed by atoms with van der Waals surface area (Å²) in [5, 5.41) is 2.91. The van der Waals surface area contributed by atoms with Crippen molar-refractivity contribution in [1.29, 1.82) is 0 Å². The molecule has 1 saturated carbocycles. The van der Waals surface area contributed by atoms with Gasteiger partial charge in [-0.1, -0.05) is 13.8 Å². The van der Waals surface area contributed by atoms with Crippen molar-refractivity contribution in [2.45, 2.75) is 45.6 Å². The second-order valence-electron chi connectivity index (χ2n) is 5.27. The normalized spacial score (nSPS) is 36.5. The molecule has 1 atom stereocenters. The van der Waals surface area contributed by atoms with E-state index in [1.807, 2.05) is 0 Å². The molecule has 86 valence electrons. The predicted molar refractivity (Wildman–Crippen MR) is 58.6 cm³/mol. The van der Waals surface area contributed by atoms with Crippen LogP contribution < -0.4 is 5.32 Å². The maximum absolute atomic E-state index is 10.9. The molecule has 0 aromatic rings. The molecule has 2 fully saturated rings. The number of alkyl carbamates (subject to hydrolysis) is 1. The molecule has 0 spiro atoms. The van der Waals surface area contributed by atoms with E-state index >= 15 is 0 Å². The number of amides is 1. The number of ether oxygens (including phenoxy) is 1. The SMILES string of the molecule is CC(C)C1CCC(C2COC(=O)N2)CC1. The zero-order valence-corrected chi connectivity index (χ0v) is 9.66. The molecule has 2 aliphatic rings. The Hall–Kier alpha value is -0.730. The number of cyclic esters (lactones) is 1. The van der Waals surface area contributed by atoms with Crippen LogP contribution in [0.2, 0.25) is 0 Å². The lowest BCUT2D eigenvalue weighted by Gasteiger charge is -2.32. The van der Waals surface area contributed by atoms with Crippen LogP contribution in [0.4, 0.5) is 4.79 Å². The minimum absolute atomic E-state index is 0.231. The minimum atomic E-state index is -0.231. The van der Waals surface area contributed by atoms with E-state index in [4.69, 9.17) is 4.74 Å². The van der Waals surface area contributed by atoms with Crippen LogP contribution in [-0.4, -0.2) is 18.7 Å². The summed E-state index contributed by atoms with van der Waals surface area (Å²) in [6.45, 7) is 5.20. The van der Waals surface area contributed by atoms with Crippen molar-refractivity contribution in [2.24, 2.45) is 17.8 Å². The van der Waals surface area contributed by atoms with Gasteiger partial charge in [0.1, 0.15) is 6.61 Å². The average molecular weight is 211 g/mol. The summed E-state index contributed by atoms with van der Waals surface area (Å²) in [5.41, 5.74) is 0. The molecule has 1 saturated heterocycles. The molecule has 3 heteroatoms. The maximum Gasteiger partial charge on any atom is 0.407 e. The van der Waals surface area contributed by atoms with E-state index in [-0.39, 0.29) is 12.1 Å². The van der Waals surface area contributed by atoms with Gasteiger partial charge in [-0.2, -0.15) is 0 Å². The first-order valence-corrected chi connectivity index (χ1v) is 6.10. The molecular formula is C12H21NO2. The van der Waals surface area contributed by atoms with Crippen LogP contribution in [0.3, 0.4) is 0 Å². The molecule has 2 rings (SSSR count). The Morgan fingerprint density at radius 3 is 2.40 bits per heavy atom. The zero-order valence-electron chi connectivity index (χ0n) is 9.66. The molecule has 1 heterocycles. The monoisotopic (exact) mass is 211 g/mol. The highest BCUT2D eigenvalue weighted by Gasteiger charge is 2.33. The molecule has 1 unspecified atom stereocenters. The van der Waals surface area contributed by atoms with Gasteiger partial charge < -0.3 is 10.1 Å². The van der Waals surface area contributed by atoms with Crippen molar-refractivity contribution in [2.75, 3.05) is 6.61 Å². The Morgan fingerprint density at radius 2 is 1.93 bits per heavy atom. The topological polar surface area (TPSA) is 38.3 Å². The number of nitrogens with one attached hydrogen (secondary N) is 1. The third kappa shape index (κ3) is 2.44. The number of rotatable bonds is 2. The summed E-state index contributed by atoms with van der Waals surface area (Å²) in [4.78, 5) is 10.9. The lowest BCUT2D eigenvalue weighted by molar-refractivity contribution is 0.165. The van der Waals surface area contributed by atoms with Crippen LogP contribution in [0.5, 0.6) is 0 Å². The zero-order chi connectivity index (χ0) is 10.8. The fraction of sp³-hybridized carbons (Fsp3) is 0.917. The van der Waals surface area contributed by atoms with Crippen LogP contribution in [0.1, 0.15) is 39.5 Å². The molecule has 1 N–H and O–H groups in total. The van der Waals surface area contributed by atoms with Crippen LogP contribution in [-0.2, 0) is 4.74 Å². The Bertz CT molecular complexity index is 232. The van der Waals surface area contributed by atoms with Crippen LogP contribution in [0.15, 0.2) is 0 Å². The van der Waals surface area contributed by atoms with Gasteiger partial charge in [-0.05, 0) is 43.4 Å². The van der Waals surface area contributed by atoms with Crippen molar-refractivity contribution < 1.29 is 9.53 Å². The highest BCUT2D eigenvalue weighted by Crippen LogP contribution is 2.35. The largest absolute Gasteiger partial charge is 0.447 e. The molecule has 0 radical (unpaired) electrons. The summed E-state index contributed by atoms with van der Waals surface area (Å²) in [5.74, 6) is 2.34. The van der Waals surface area contributed by atoms with E-state index in [2.05, 4.69) is 19.2 Å². The molecule has 1 amide bonds. The van der Waals surface area contributed by atoms with Crippen LogP contribution in [0, 0.1) is 17.8 Å².